The van der Waals surface area contributed by atoms with Crippen LogP contribution in [0.15, 0.2) is 45.9 Å². The van der Waals surface area contributed by atoms with Crippen LogP contribution in [0.3, 0.4) is 0 Å². The Labute approximate surface area is 155 Å². The first-order chi connectivity index (χ1) is 12.5. The van der Waals surface area contributed by atoms with Crippen molar-refractivity contribution in [1.82, 2.24) is 5.32 Å². The summed E-state index contributed by atoms with van der Waals surface area (Å²) in [4.78, 5) is 24.5. The van der Waals surface area contributed by atoms with E-state index in [1.54, 1.807) is 6.07 Å². The fourth-order valence-electron chi connectivity index (χ4n) is 2.91. The Bertz CT molecular complexity index is 795. The van der Waals surface area contributed by atoms with Crippen LogP contribution in [-0.2, 0) is 10.5 Å². The summed E-state index contributed by atoms with van der Waals surface area (Å²) in [6.07, 6.45) is 3.30. The van der Waals surface area contributed by atoms with Crippen LogP contribution in [0.25, 0.3) is 0 Å². The minimum absolute atomic E-state index is 0.144. The molecule has 1 atom stereocenters. The Morgan fingerprint density at radius 3 is 2.81 bits per heavy atom. The first-order valence-electron chi connectivity index (χ1n) is 8.42. The summed E-state index contributed by atoms with van der Waals surface area (Å²) in [5.41, 5.74) is 0.399. The van der Waals surface area contributed by atoms with E-state index in [1.807, 2.05) is 25.1 Å². The van der Waals surface area contributed by atoms with Gasteiger partial charge in [0.25, 0.3) is 5.91 Å². The third kappa shape index (κ3) is 4.28. The number of amides is 1. The van der Waals surface area contributed by atoms with Crippen molar-refractivity contribution in [2.45, 2.75) is 36.0 Å². The Balaban J connectivity index is 1.66. The third-order valence-electron chi connectivity index (χ3n) is 4.39. The highest BCUT2D eigenvalue weighted by Crippen LogP contribution is 2.29. The fraction of sp³-hybridized carbons (Fsp3) is 0.368. The number of carboxylic acids is 1. The zero-order valence-electron chi connectivity index (χ0n) is 14.5. The Morgan fingerprint density at radius 1 is 1.27 bits per heavy atom. The van der Waals surface area contributed by atoms with E-state index in [9.17, 15) is 9.59 Å². The summed E-state index contributed by atoms with van der Waals surface area (Å²) in [5, 5.41) is 12.1. The number of benzene rings is 1. The van der Waals surface area contributed by atoms with Crippen LogP contribution < -0.4 is 5.32 Å². The predicted molar refractivity (Wildman–Crippen MR) is 97.6 cm³/mol. The minimum Gasteiger partial charge on any atom is -0.478 e. The van der Waals surface area contributed by atoms with Crippen molar-refractivity contribution >= 4 is 23.6 Å². The summed E-state index contributed by atoms with van der Waals surface area (Å²) < 4.78 is 11.0. The quantitative estimate of drug-likeness (QED) is 0.719. The topological polar surface area (TPSA) is 88.8 Å². The first-order valence-corrected chi connectivity index (χ1v) is 9.41. The van der Waals surface area contributed by atoms with Gasteiger partial charge in [-0.2, -0.15) is 0 Å². The van der Waals surface area contributed by atoms with E-state index >= 15 is 0 Å². The molecule has 0 aliphatic carbocycles. The van der Waals surface area contributed by atoms with Gasteiger partial charge in [-0.1, -0.05) is 12.1 Å². The molecular weight excluding hydrogens is 354 g/mol. The van der Waals surface area contributed by atoms with Crippen LogP contribution in [0, 0.1) is 0 Å². The van der Waals surface area contributed by atoms with Gasteiger partial charge in [0.05, 0.1) is 23.2 Å². The second-order valence-electron chi connectivity index (χ2n) is 6.43. The molecule has 2 aromatic rings. The van der Waals surface area contributed by atoms with E-state index < -0.39 is 5.97 Å². The molecular formula is C19H21NO5S. The molecule has 138 valence electrons. The van der Waals surface area contributed by atoms with Crippen LogP contribution >= 0.6 is 11.8 Å². The molecule has 1 saturated heterocycles. The lowest BCUT2D eigenvalue weighted by atomic mass is 10.0. The van der Waals surface area contributed by atoms with Gasteiger partial charge < -0.3 is 19.6 Å². The maximum absolute atomic E-state index is 12.6. The molecule has 1 amide bonds. The van der Waals surface area contributed by atoms with E-state index in [0.29, 0.717) is 23.6 Å². The molecule has 1 aromatic carbocycles. The van der Waals surface area contributed by atoms with E-state index in [1.165, 1.54) is 24.1 Å². The average molecular weight is 375 g/mol. The number of hydrogen-bond donors (Lipinski definition) is 2. The van der Waals surface area contributed by atoms with Crippen molar-refractivity contribution in [3.8, 4) is 0 Å². The summed E-state index contributed by atoms with van der Waals surface area (Å²) in [5.74, 6) is -0.475. The van der Waals surface area contributed by atoms with E-state index in [-0.39, 0.29) is 17.1 Å². The summed E-state index contributed by atoms with van der Waals surface area (Å²) in [6, 6.07) is 8.69. The number of carbonyl (C=O) groups is 2. The second-order valence-corrected chi connectivity index (χ2v) is 7.45. The number of ether oxygens (including phenoxy) is 1. The average Bonchev–Trinajstić information content (AvgIpc) is 3.27. The van der Waals surface area contributed by atoms with Gasteiger partial charge in [-0.15, -0.1) is 11.8 Å². The standard InChI is InChI=1S/C19H21NO5S/c1-19(8-4-9-25-19)12-20-17(21)14-5-2-3-6-16(14)26-11-15-13(18(22)23)7-10-24-15/h2-3,5-7,10H,4,8-9,11-12H2,1H3,(H,20,21)(H,22,23). The molecule has 1 aliphatic rings. The van der Waals surface area contributed by atoms with Crippen molar-refractivity contribution < 1.29 is 23.8 Å². The van der Waals surface area contributed by atoms with Gasteiger partial charge in [0.1, 0.15) is 11.3 Å². The first kappa shape index (κ1) is 18.5. The van der Waals surface area contributed by atoms with Gasteiger partial charge in [-0.25, -0.2) is 4.79 Å². The molecule has 1 unspecified atom stereocenters. The Morgan fingerprint density at radius 2 is 2.08 bits per heavy atom. The molecule has 1 aromatic heterocycles. The van der Waals surface area contributed by atoms with E-state index in [2.05, 4.69) is 5.32 Å². The molecule has 0 bridgehead atoms. The van der Waals surface area contributed by atoms with E-state index in [0.717, 1.165) is 24.3 Å². The molecule has 6 nitrogen and oxygen atoms in total. The number of thioether (sulfide) groups is 1. The van der Waals surface area contributed by atoms with Crippen molar-refractivity contribution in [2.24, 2.45) is 0 Å². The molecule has 0 radical (unpaired) electrons. The van der Waals surface area contributed by atoms with Gasteiger partial charge in [-0.3, -0.25) is 4.79 Å². The molecule has 2 N–H and O–H groups in total. The van der Waals surface area contributed by atoms with Crippen molar-refractivity contribution in [2.75, 3.05) is 13.2 Å². The third-order valence-corrected chi connectivity index (χ3v) is 5.46. The molecule has 0 spiro atoms. The lowest BCUT2D eigenvalue weighted by molar-refractivity contribution is 0.0205. The summed E-state index contributed by atoms with van der Waals surface area (Å²) in [6.45, 7) is 3.20. The minimum atomic E-state index is -1.02. The zero-order valence-corrected chi connectivity index (χ0v) is 15.3. The van der Waals surface area contributed by atoms with Crippen molar-refractivity contribution in [1.29, 1.82) is 0 Å². The fourth-order valence-corrected chi connectivity index (χ4v) is 3.91. The van der Waals surface area contributed by atoms with Crippen LogP contribution in [0.4, 0.5) is 0 Å². The number of carbonyl (C=O) groups excluding carboxylic acids is 1. The highest BCUT2D eigenvalue weighted by molar-refractivity contribution is 7.98. The molecule has 3 rings (SSSR count). The SMILES string of the molecule is CC1(CNC(=O)c2ccccc2SCc2occc2C(=O)O)CCCO1. The van der Waals surface area contributed by atoms with Gasteiger partial charge >= 0.3 is 5.97 Å². The maximum Gasteiger partial charge on any atom is 0.339 e. The van der Waals surface area contributed by atoms with Gasteiger partial charge in [0, 0.05) is 18.0 Å². The molecule has 1 fully saturated rings. The van der Waals surface area contributed by atoms with Crippen molar-refractivity contribution in [3.05, 3.63) is 53.5 Å². The predicted octanol–water partition coefficient (Wildman–Crippen LogP) is 3.57. The number of nitrogens with one attached hydrogen (secondary N) is 1. The zero-order chi connectivity index (χ0) is 18.6. The Kier molecular flexibility index (Phi) is 5.68. The lowest BCUT2D eigenvalue weighted by Gasteiger charge is -2.23. The highest BCUT2D eigenvalue weighted by Gasteiger charge is 2.30. The number of hydrogen-bond acceptors (Lipinski definition) is 5. The monoisotopic (exact) mass is 375 g/mol. The second kappa shape index (κ2) is 7.97. The summed E-state index contributed by atoms with van der Waals surface area (Å²) in [7, 11) is 0. The highest BCUT2D eigenvalue weighted by atomic mass is 32.2. The van der Waals surface area contributed by atoms with Gasteiger partial charge in [-0.05, 0) is 38.0 Å². The normalized spacial score (nSPS) is 19.4. The van der Waals surface area contributed by atoms with E-state index in [4.69, 9.17) is 14.3 Å². The van der Waals surface area contributed by atoms with Crippen LogP contribution in [0.5, 0.6) is 0 Å². The number of carboxylic acid groups (broad SMARTS) is 1. The van der Waals surface area contributed by atoms with Crippen LogP contribution in [0.1, 0.15) is 46.2 Å². The molecule has 0 saturated carbocycles. The smallest absolute Gasteiger partial charge is 0.339 e. The Hall–Kier alpha value is -2.25. The number of furan rings is 1. The molecule has 7 heteroatoms. The van der Waals surface area contributed by atoms with Crippen molar-refractivity contribution in [3.63, 3.8) is 0 Å². The summed E-state index contributed by atoms with van der Waals surface area (Å²) >= 11 is 1.37. The number of aromatic carboxylic acids is 1. The van der Waals surface area contributed by atoms with Crippen LogP contribution in [-0.4, -0.2) is 35.7 Å². The van der Waals surface area contributed by atoms with Gasteiger partial charge in [0.2, 0.25) is 0 Å². The molecule has 26 heavy (non-hydrogen) atoms. The maximum atomic E-state index is 12.6. The number of rotatable bonds is 7. The molecule has 2 heterocycles. The largest absolute Gasteiger partial charge is 0.478 e. The molecule has 1 aliphatic heterocycles. The lowest BCUT2D eigenvalue weighted by Crippen LogP contribution is -2.40. The van der Waals surface area contributed by atoms with Crippen LogP contribution in [0.2, 0.25) is 0 Å². The van der Waals surface area contributed by atoms with Gasteiger partial charge in [0.15, 0.2) is 0 Å².